The van der Waals surface area contributed by atoms with Crippen LogP contribution in [0.25, 0.3) is 0 Å². The molecule has 338 valence electrons. The number of rotatable bonds is 40. The number of carbonyl (C=O) groups excluding carboxylic acids is 2. The first-order valence-corrected chi connectivity index (χ1v) is 23.9. The zero-order valence-corrected chi connectivity index (χ0v) is 38.3. The predicted octanol–water partition coefficient (Wildman–Crippen LogP) is 14.1. The van der Waals surface area contributed by atoms with E-state index in [-0.39, 0.29) is 24.9 Å². The van der Waals surface area contributed by atoms with E-state index in [1.807, 2.05) is 91.1 Å². The third kappa shape index (κ3) is 41.0. The summed E-state index contributed by atoms with van der Waals surface area (Å²) in [5.74, 6) is -0.580. The van der Waals surface area contributed by atoms with E-state index in [0.717, 1.165) is 83.5 Å². The predicted molar refractivity (Wildman–Crippen MR) is 259 cm³/mol. The molecular formula is C54H87NO5. The Kier molecular flexibility index (Phi) is 43.4. The Morgan fingerprint density at radius 2 is 0.900 bits per heavy atom. The van der Waals surface area contributed by atoms with Crippen molar-refractivity contribution in [2.24, 2.45) is 0 Å². The summed E-state index contributed by atoms with van der Waals surface area (Å²) in [5, 5.41) is 23.7. The third-order valence-electron chi connectivity index (χ3n) is 10.0. The second-order valence-corrected chi connectivity index (χ2v) is 15.6. The Balaban J connectivity index is 4.79. The summed E-state index contributed by atoms with van der Waals surface area (Å²) in [6.07, 6.45) is 63.9. The molecule has 3 unspecified atom stereocenters. The van der Waals surface area contributed by atoms with E-state index in [9.17, 15) is 19.8 Å². The third-order valence-corrected chi connectivity index (χ3v) is 10.0. The Labute approximate surface area is 368 Å². The molecule has 6 nitrogen and oxygen atoms in total. The number of nitrogens with one attached hydrogen (secondary N) is 1. The van der Waals surface area contributed by atoms with Crippen LogP contribution in [0, 0.1) is 0 Å². The molecule has 0 aliphatic carbocycles. The van der Waals surface area contributed by atoms with Crippen LogP contribution in [-0.2, 0) is 14.3 Å². The van der Waals surface area contributed by atoms with Gasteiger partial charge in [0.1, 0.15) is 6.10 Å². The quantitative estimate of drug-likeness (QED) is 0.0325. The van der Waals surface area contributed by atoms with Gasteiger partial charge in [0.2, 0.25) is 5.91 Å². The highest BCUT2D eigenvalue weighted by atomic mass is 16.5. The van der Waals surface area contributed by atoms with Gasteiger partial charge in [0, 0.05) is 6.42 Å². The van der Waals surface area contributed by atoms with E-state index in [1.54, 1.807) is 0 Å². The van der Waals surface area contributed by atoms with Gasteiger partial charge >= 0.3 is 5.97 Å². The first kappa shape index (κ1) is 56.3. The Bertz CT molecular complexity index is 1300. The molecule has 0 heterocycles. The molecule has 0 spiro atoms. The molecule has 0 rings (SSSR count). The minimum Gasteiger partial charge on any atom is -0.462 e. The molecular weight excluding hydrogens is 743 g/mol. The number of aliphatic hydroxyl groups excluding tert-OH is 2. The normalized spacial score (nSPS) is 14.4. The van der Waals surface area contributed by atoms with E-state index >= 15 is 0 Å². The zero-order valence-electron chi connectivity index (χ0n) is 38.3. The van der Waals surface area contributed by atoms with Gasteiger partial charge in [-0.25, -0.2) is 0 Å². The summed E-state index contributed by atoms with van der Waals surface area (Å²) in [6.45, 7) is 6.14. The number of carbonyl (C=O) groups is 2. The maximum absolute atomic E-state index is 13.2. The molecule has 0 fully saturated rings. The van der Waals surface area contributed by atoms with Gasteiger partial charge in [-0.1, -0.05) is 226 Å². The minimum atomic E-state index is -0.814. The van der Waals surface area contributed by atoms with Crippen molar-refractivity contribution in [2.75, 3.05) is 6.61 Å². The van der Waals surface area contributed by atoms with Crippen molar-refractivity contribution in [3.05, 3.63) is 122 Å². The van der Waals surface area contributed by atoms with Crippen LogP contribution in [0.2, 0.25) is 0 Å². The van der Waals surface area contributed by atoms with E-state index < -0.39 is 18.2 Å². The number of unbranched alkanes of at least 4 members (excludes halogenated alkanes) is 16. The maximum Gasteiger partial charge on any atom is 0.306 e. The summed E-state index contributed by atoms with van der Waals surface area (Å²) < 4.78 is 5.88. The molecule has 6 heteroatoms. The average Bonchev–Trinajstić information content (AvgIpc) is 3.24. The van der Waals surface area contributed by atoms with Gasteiger partial charge in [-0.3, -0.25) is 9.59 Å². The van der Waals surface area contributed by atoms with Crippen molar-refractivity contribution in [2.45, 2.75) is 200 Å². The molecule has 3 N–H and O–H groups in total. The fraction of sp³-hybridized carbons (Fsp3) is 0.593. The van der Waals surface area contributed by atoms with Gasteiger partial charge in [-0.15, -0.1) is 0 Å². The van der Waals surface area contributed by atoms with E-state index in [1.165, 1.54) is 51.4 Å². The summed E-state index contributed by atoms with van der Waals surface area (Å²) >= 11 is 0. The molecule has 0 aromatic heterocycles. The van der Waals surface area contributed by atoms with Gasteiger partial charge in [-0.2, -0.15) is 0 Å². The Hall–Kier alpha value is -3.74. The SMILES string of the molecule is CC\C=C/C=C/C=C/C=C\C=C\C=C\CCCCCC(=O)OC(CCCCC\C=C/C=C/C=C/C=C/CC)CC(=O)NC(CO)C(O)CCCCCCCCCCCCC. The number of ether oxygens (including phenoxy) is 1. The van der Waals surface area contributed by atoms with Crippen LogP contribution in [0.1, 0.15) is 181 Å². The van der Waals surface area contributed by atoms with Crippen LogP contribution in [0.4, 0.5) is 0 Å². The molecule has 3 atom stereocenters. The number of esters is 1. The van der Waals surface area contributed by atoms with Gasteiger partial charge in [0.05, 0.1) is 25.2 Å². The van der Waals surface area contributed by atoms with E-state index in [4.69, 9.17) is 4.74 Å². The zero-order chi connectivity index (χ0) is 43.8. The van der Waals surface area contributed by atoms with Gasteiger partial charge in [0.25, 0.3) is 0 Å². The van der Waals surface area contributed by atoms with Crippen LogP contribution >= 0.6 is 0 Å². The molecule has 60 heavy (non-hydrogen) atoms. The number of aliphatic hydroxyl groups is 2. The van der Waals surface area contributed by atoms with Crippen molar-refractivity contribution in [1.82, 2.24) is 5.32 Å². The molecule has 0 aromatic rings. The standard InChI is InChI=1S/C54H87NO5/c1-4-7-10-13-16-19-22-24-25-26-27-29-32-35-38-41-44-47-54(59)60-50(45-42-39-36-33-31-28-23-20-17-14-11-8-5-2)48-53(58)55-51(49-56)52(57)46-43-40-37-34-30-21-18-15-12-9-6-3/h7-8,10-11,13-14,16-17,19-20,22-29,31-32,50-52,56-57H,4-6,9,12,15,18,21,30,33-49H2,1-3H3,(H,55,58)/b10-7-,11-8+,16-13+,17-14+,22-19+,23-20+,25-24-,27-26+,31-28-,32-29+. The van der Waals surface area contributed by atoms with E-state index in [0.29, 0.717) is 19.3 Å². The van der Waals surface area contributed by atoms with Crippen LogP contribution in [0.15, 0.2) is 122 Å². The molecule has 1 amide bonds. The summed E-state index contributed by atoms with van der Waals surface area (Å²) in [5.41, 5.74) is 0. The van der Waals surface area contributed by atoms with Gasteiger partial charge in [-0.05, 0) is 64.2 Å². The second kappa shape index (κ2) is 46.3. The highest BCUT2D eigenvalue weighted by Gasteiger charge is 2.24. The summed E-state index contributed by atoms with van der Waals surface area (Å²) in [6, 6.07) is -0.732. The lowest BCUT2D eigenvalue weighted by atomic mass is 10.0. The van der Waals surface area contributed by atoms with Crippen LogP contribution in [0.3, 0.4) is 0 Å². The second-order valence-electron chi connectivity index (χ2n) is 15.6. The van der Waals surface area contributed by atoms with Crippen molar-refractivity contribution >= 4 is 11.9 Å². The first-order chi connectivity index (χ1) is 29.5. The molecule has 0 radical (unpaired) electrons. The van der Waals surface area contributed by atoms with Crippen molar-refractivity contribution < 1.29 is 24.5 Å². The summed E-state index contributed by atoms with van der Waals surface area (Å²) in [4.78, 5) is 26.1. The van der Waals surface area contributed by atoms with Crippen molar-refractivity contribution in [1.29, 1.82) is 0 Å². The van der Waals surface area contributed by atoms with Crippen LogP contribution < -0.4 is 5.32 Å². The molecule has 0 saturated carbocycles. The highest BCUT2D eigenvalue weighted by Crippen LogP contribution is 2.16. The average molecular weight is 830 g/mol. The fourth-order valence-corrected chi connectivity index (χ4v) is 6.47. The van der Waals surface area contributed by atoms with Gasteiger partial charge < -0.3 is 20.3 Å². The first-order valence-electron chi connectivity index (χ1n) is 23.9. The number of allylic oxidation sites excluding steroid dienone is 20. The lowest BCUT2D eigenvalue weighted by molar-refractivity contribution is -0.151. The lowest BCUT2D eigenvalue weighted by Gasteiger charge is -2.24. The largest absolute Gasteiger partial charge is 0.462 e. The maximum atomic E-state index is 13.2. The number of hydrogen-bond acceptors (Lipinski definition) is 5. The molecule has 0 aliphatic rings. The smallest absolute Gasteiger partial charge is 0.306 e. The Morgan fingerprint density at radius 1 is 0.500 bits per heavy atom. The van der Waals surface area contributed by atoms with Crippen molar-refractivity contribution in [3.8, 4) is 0 Å². The van der Waals surface area contributed by atoms with E-state index in [2.05, 4.69) is 56.5 Å². The number of hydrogen-bond donors (Lipinski definition) is 3. The lowest BCUT2D eigenvalue weighted by Crippen LogP contribution is -2.46. The molecule has 0 bridgehead atoms. The molecule has 0 aliphatic heterocycles. The molecule has 0 aromatic carbocycles. The number of amides is 1. The Morgan fingerprint density at radius 3 is 1.37 bits per heavy atom. The molecule has 0 saturated heterocycles. The monoisotopic (exact) mass is 830 g/mol. The fourth-order valence-electron chi connectivity index (χ4n) is 6.47. The topological polar surface area (TPSA) is 95.9 Å². The summed E-state index contributed by atoms with van der Waals surface area (Å²) in [7, 11) is 0. The highest BCUT2D eigenvalue weighted by molar-refractivity contribution is 5.77. The van der Waals surface area contributed by atoms with Crippen molar-refractivity contribution in [3.63, 3.8) is 0 Å². The van der Waals surface area contributed by atoms with Crippen LogP contribution in [-0.4, -0.2) is 46.9 Å². The minimum absolute atomic E-state index is 0.0244. The van der Waals surface area contributed by atoms with Gasteiger partial charge in [0.15, 0.2) is 0 Å². The van der Waals surface area contributed by atoms with Crippen LogP contribution in [0.5, 0.6) is 0 Å².